The molecule has 0 heterocycles. The molecule has 0 bridgehead atoms. The molecule has 0 amide bonds. The maximum Gasteiger partial charge on any atom is 0.338 e. The Balaban J connectivity index is 2.91. The molecule has 1 rings (SSSR count). The molecule has 0 aliphatic carbocycles. The van der Waals surface area contributed by atoms with Crippen molar-refractivity contribution in [1.29, 1.82) is 0 Å². The highest BCUT2D eigenvalue weighted by Gasteiger charge is 2.09. The molecular weight excluding hydrogens is 214 g/mol. The van der Waals surface area contributed by atoms with Gasteiger partial charge in [-0.15, -0.1) is 0 Å². The van der Waals surface area contributed by atoms with Gasteiger partial charge in [-0.2, -0.15) is 0 Å². The summed E-state index contributed by atoms with van der Waals surface area (Å²) in [5.41, 5.74) is 2.65. The molecule has 0 fully saturated rings. The monoisotopic (exact) mass is 233 g/mol. The van der Waals surface area contributed by atoms with Crippen molar-refractivity contribution in [3.8, 4) is 0 Å². The van der Waals surface area contributed by atoms with Crippen LogP contribution in [0.2, 0.25) is 0 Å². The summed E-state index contributed by atoms with van der Waals surface area (Å²) < 4.78 is 4.76. The fraction of sp³-hybridized carbons (Fsp3) is 0.357. The van der Waals surface area contributed by atoms with Crippen LogP contribution in [0.4, 0.5) is 0 Å². The van der Waals surface area contributed by atoms with E-state index in [1.165, 1.54) is 7.11 Å². The maximum atomic E-state index is 11.6. The van der Waals surface area contributed by atoms with Gasteiger partial charge in [0.05, 0.1) is 12.7 Å². The predicted octanol–water partition coefficient (Wildman–Crippen LogP) is 2.40. The number of ether oxygens (including phenoxy) is 1. The molecule has 0 aromatic heterocycles. The van der Waals surface area contributed by atoms with Crippen LogP contribution in [0.1, 0.15) is 27.9 Å². The van der Waals surface area contributed by atoms with E-state index < -0.39 is 0 Å². The predicted molar refractivity (Wildman–Crippen MR) is 70.1 cm³/mol. The highest BCUT2D eigenvalue weighted by Crippen LogP contribution is 2.15. The van der Waals surface area contributed by atoms with E-state index in [9.17, 15) is 4.79 Å². The Bertz CT molecular complexity index is 411. The molecule has 0 saturated heterocycles. The number of benzene rings is 1. The van der Waals surface area contributed by atoms with Crippen molar-refractivity contribution in [2.75, 3.05) is 20.7 Å². The summed E-state index contributed by atoms with van der Waals surface area (Å²) in [6.07, 6.45) is 4.96. The fourth-order valence-corrected chi connectivity index (χ4v) is 1.55. The Morgan fingerprint density at radius 2 is 2.24 bits per heavy atom. The summed E-state index contributed by atoms with van der Waals surface area (Å²) in [4.78, 5) is 11.6. The number of rotatable bonds is 5. The first-order valence-corrected chi connectivity index (χ1v) is 5.69. The minimum absolute atomic E-state index is 0.293. The lowest BCUT2D eigenvalue weighted by Gasteiger charge is -2.05. The SMILES string of the molecule is CNCCC=Cc1cc(C)ccc1C(=O)OC. The van der Waals surface area contributed by atoms with E-state index in [1.54, 1.807) is 6.07 Å². The van der Waals surface area contributed by atoms with Gasteiger partial charge in [-0.3, -0.25) is 0 Å². The Labute approximate surface area is 102 Å². The largest absolute Gasteiger partial charge is 0.465 e. The number of methoxy groups -OCH3 is 1. The van der Waals surface area contributed by atoms with E-state index >= 15 is 0 Å². The second kappa shape index (κ2) is 6.86. The molecule has 1 N–H and O–H groups in total. The van der Waals surface area contributed by atoms with Crippen molar-refractivity contribution < 1.29 is 9.53 Å². The average Bonchev–Trinajstić information content (AvgIpc) is 2.34. The zero-order valence-corrected chi connectivity index (χ0v) is 10.6. The third-order valence-electron chi connectivity index (χ3n) is 2.47. The highest BCUT2D eigenvalue weighted by molar-refractivity contribution is 5.93. The van der Waals surface area contributed by atoms with Crippen LogP contribution in [0.25, 0.3) is 6.08 Å². The third-order valence-corrected chi connectivity index (χ3v) is 2.47. The molecule has 0 saturated carbocycles. The molecule has 1 aromatic rings. The summed E-state index contributed by atoms with van der Waals surface area (Å²) in [5, 5.41) is 3.07. The van der Waals surface area contributed by atoms with E-state index in [-0.39, 0.29) is 5.97 Å². The minimum atomic E-state index is -0.293. The van der Waals surface area contributed by atoms with Crippen LogP contribution in [0, 0.1) is 6.92 Å². The van der Waals surface area contributed by atoms with Crippen LogP contribution in [0.5, 0.6) is 0 Å². The van der Waals surface area contributed by atoms with Crippen LogP contribution < -0.4 is 5.32 Å². The standard InChI is InChI=1S/C14H19NO2/c1-11-7-8-13(14(16)17-3)12(10-11)6-4-5-9-15-2/h4,6-8,10,15H,5,9H2,1-3H3. The van der Waals surface area contributed by atoms with Crippen molar-refractivity contribution in [1.82, 2.24) is 5.32 Å². The van der Waals surface area contributed by atoms with E-state index in [1.807, 2.05) is 32.2 Å². The van der Waals surface area contributed by atoms with Gasteiger partial charge in [0.2, 0.25) is 0 Å². The summed E-state index contributed by atoms with van der Waals surface area (Å²) >= 11 is 0. The Hall–Kier alpha value is -1.61. The minimum Gasteiger partial charge on any atom is -0.465 e. The first kappa shape index (κ1) is 13.5. The average molecular weight is 233 g/mol. The molecule has 0 spiro atoms. The molecule has 0 aliphatic rings. The molecule has 92 valence electrons. The molecule has 0 radical (unpaired) electrons. The van der Waals surface area contributed by atoms with Gasteiger partial charge in [0.15, 0.2) is 0 Å². The van der Waals surface area contributed by atoms with Gasteiger partial charge in [-0.1, -0.05) is 29.8 Å². The lowest BCUT2D eigenvalue weighted by atomic mass is 10.0. The van der Waals surface area contributed by atoms with Crippen molar-refractivity contribution in [3.05, 3.63) is 41.0 Å². The van der Waals surface area contributed by atoms with Gasteiger partial charge < -0.3 is 10.1 Å². The Kier molecular flexibility index (Phi) is 5.43. The van der Waals surface area contributed by atoms with Gasteiger partial charge in [0.1, 0.15) is 0 Å². The molecule has 0 atom stereocenters. The molecule has 17 heavy (non-hydrogen) atoms. The van der Waals surface area contributed by atoms with E-state index in [0.29, 0.717) is 5.56 Å². The lowest BCUT2D eigenvalue weighted by molar-refractivity contribution is 0.0600. The van der Waals surface area contributed by atoms with Crippen molar-refractivity contribution in [2.24, 2.45) is 0 Å². The quantitative estimate of drug-likeness (QED) is 0.627. The molecule has 0 unspecified atom stereocenters. The van der Waals surface area contributed by atoms with Gasteiger partial charge >= 0.3 is 5.97 Å². The first-order valence-electron chi connectivity index (χ1n) is 5.69. The van der Waals surface area contributed by atoms with Crippen LogP contribution in [-0.2, 0) is 4.74 Å². The highest BCUT2D eigenvalue weighted by atomic mass is 16.5. The van der Waals surface area contributed by atoms with Crippen LogP contribution in [0.3, 0.4) is 0 Å². The van der Waals surface area contributed by atoms with Crippen molar-refractivity contribution in [2.45, 2.75) is 13.3 Å². The smallest absolute Gasteiger partial charge is 0.338 e. The molecule has 3 nitrogen and oxygen atoms in total. The number of nitrogens with one attached hydrogen (secondary N) is 1. The number of esters is 1. The van der Waals surface area contributed by atoms with Gasteiger partial charge in [0.25, 0.3) is 0 Å². The van der Waals surface area contributed by atoms with E-state index in [0.717, 1.165) is 24.1 Å². The fourth-order valence-electron chi connectivity index (χ4n) is 1.55. The topological polar surface area (TPSA) is 38.3 Å². The van der Waals surface area contributed by atoms with Gasteiger partial charge in [-0.05, 0) is 38.6 Å². The molecule has 1 aromatic carbocycles. The summed E-state index contributed by atoms with van der Waals surface area (Å²) in [7, 11) is 3.32. The number of carbonyl (C=O) groups is 1. The number of carbonyl (C=O) groups excluding carboxylic acids is 1. The number of hydrogen-bond donors (Lipinski definition) is 1. The second-order valence-electron chi connectivity index (χ2n) is 3.88. The van der Waals surface area contributed by atoms with Crippen LogP contribution in [-0.4, -0.2) is 26.7 Å². The van der Waals surface area contributed by atoms with E-state index in [4.69, 9.17) is 4.74 Å². The lowest BCUT2D eigenvalue weighted by Crippen LogP contribution is -2.06. The van der Waals surface area contributed by atoms with Crippen molar-refractivity contribution >= 4 is 12.0 Å². The van der Waals surface area contributed by atoms with Crippen LogP contribution >= 0.6 is 0 Å². The number of hydrogen-bond acceptors (Lipinski definition) is 3. The first-order chi connectivity index (χ1) is 8.19. The normalized spacial score (nSPS) is 10.8. The molecule has 3 heteroatoms. The van der Waals surface area contributed by atoms with Crippen molar-refractivity contribution in [3.63, 3.8) is 0 Å². The molecular formula is C14H19NO2. The second-order valence-corrected chi connectivity index (χ2v) is 3.88. The summed E-state index contributed by atoms with van der Waals surface area (Å²) in [5.74, 6) is -0.293. The van der Waals surface area contributed by atoms with E-state index in [2.05, 4.69) is 11.4 Å². The zero-order chi connectivity index (χ0) is 12.7. The Morgan fingerprint density at radius 1 is 1.47 bits per heavy atom. The molecule has 0 aliphatic heterocycles. The van der Waals surface area contributed by atoms with Gasteiger partial charge in [0, 0.05) is 0 Å². The maximum absolute atomic E-state index is 11.6. The zero-order valence-electron chi connectivity index (χ0n) is 10.6. The third kappa shape index (κ3) is 4.04. The summed E-state index contributed by atoms with van der Waals surface area (Å²) in [6, 6.07) is 5.71. The number of aryl methyl sites for hydroxylation is 1. The summed E-state index contributed by atoms with van der Waals surface area (Å²) in [6.45, 7) is 2.93. The van der Waals surface area contributed by atoms with Gasteiger partial charge in [-0.25, -0.2) is 4.79 Å². The Morgan fingerprint density at radius 3 is 2.88 bits per heavy atom. The van der Waals surface area contributed by atoms with Crippen LogP contribution in [0.15, 0.2) is 24.3 Å².